The van der Waals surface area contributed by atoms with Gasteiger partial charge in [-0.2, -0.15) is 0 Å². The lowest BCUT2D eigenvalue weighted by molar-refractivity contribution is -0.00615. The number of carbonyl (C=O) groups is 1. The van der Waals surface area contributed by atoms with Crippen molar-refractivity contribution in [1.29, 1.82) is 0 Å². The topological polar surface area (TPSA) is 63.2 Å². The summed E-state index contributed by atoms with van der Waals surface area (Å²) in [4.78, 5) is 11.3. The summed E-state index contributed by atoms with van der Waals surface area (Å²) in [5.41, 5.74) is 1.69. The van der Waals surface area contributed by atoms with Gasteiger partial charge in [0, 0.05) is 5.56 Å². The Morgan fingerprint density at radius 3 is 2.04 bits per heavy atom. The molecule has 0 aliphatic carbocycles. The molecule has 1 unspecified atom stereocenters. The molecule has 1 aromatic rings. The smallest absolute Gasteiger partial charge is 0.159 e. The lowest BCUT2D eigenvalue weighted by atomic mass is 10.1. The second-order valence-electron chi connectivity index (χ2n) is 5.07. The summed E-state index contributed by atoms with van der Waals surface area (Å²) in [6.07, 6.45) is 0. The molecular formula is C17H26IO6P. The van der Waals surface area contributed by atoms with E-state index >= 15 is 0 Å². The maximum absolute atomic E-state index is 11.3. The van der Waals surface area contributed by atoms with Crippen LogP contribution < -0.4 is 0 Å². The van der Waals surface area contributed by atoms with Gasteiger partial charge in [-0.25, -0.2) is 0 Å². The highest BCUT2D eigenvalue weighted by Crippen LogP contribution is 2.20. The van der Waals surface area contributed by atoms with E-state index in [1.807, 2.05) is 18.2 Å². The van der Waals surface area contributed by atoms with Crippen LogP contribution in [0.2, 0.25) is 0 Å². The van der Waals surface area contributed by atoms with Crippen LogP contribution in [0.5, 0.6) is 0 Å². The summed E-state index contributed by atoms with van der Waals surface area (Å²) in [5, 5.41) is 0. The largest absolute Gasteiger partial charge is 0.377 e. The third-order valence-electron chi connectivity index (χ3n) is 3.10. The Kier molecular flexibility index (Phi) is 14.7. The fourth-order valence-electron chi connectivity index (χ4n) is 1.87. The fourth-order valence-corrected chi connectivity index (χ4v) is 2.69. The first kappa shape index (κ1) is 22.9. The minimum absolute atomic E-state index is 0.0601. The molecule has 25 heavy (non-hydrogen) atoms. The van der Waals surface area contributed by atoms with E-state index in [0.717, 1.165) is 5.56 Å². The molecule has 0 bridgehead atoms. The van der Waals surface area contributed by atoms with Crippen molar-refractivity contribution in [3.63, 3.8) is 0 Å². The maximum atomic E-state index is 11.3. The number of ether oxygens (including phenoxy) is 4. The van der Waals surface area contributed by atoms with Gasteiger partial charge in [0.25, 0.3) is 0 Å². The van der Waals surface area contributed by atoms with Crippen LogP contribution in [0.15, 0.2) is 24.3 Å². The molecule has 1 rings (SSSR count). The number of halogens is 1. The first-order valence-corrected chi connectivity index (χ1v) is 12.1. The van der Waals surface area contributed by atoms with Crippen molar-refractivity contribution in [2.24, 2.45) is 0 Å². The summed E-state index contributed by atoms with van der Waals surface area (Å²) in [6.45, 7) is 6.94. The van der Waals surface area contributed by atoms with E-state index in [-0.39, 0.29) is 5.78 Å². The summed E-state index contributed by atoms with van der Waals surface area (Å²) in [5.74, 6) is 0.0601. The first-order valence-electron chi connectivity index (χ1n) is 8.12. The molecule has 0 heterocycles. The van der Waals surface area contributed by atoms with Crippen LogP contribution in [0.1, 0.15) is 22.8 Å². The molecule has 0 radical (unpaired) electrons. The van der Waals surface area contributed by atoms with Crippen LogP contribution in [0, 0.1) is 0 Å². The molecule has 0 aromatic heterocycles. The van der Waals surface area contributed by atoms with Crippen LogP contribution in [0.25, 0.3) is 0 Å². The Balaban J connectivity index is 1.87. The van der Waals surface area contributed by atoms with Gasteiger partial charge in [0.05, 0.1) is 65.9 Å². The maximum Gasteiger partial charge on any atom is 0.159 e. The minimum atomic E-state index is 0.0601. The zero-order valence-electron chi connectivity index (χ0n) is 14.5. The number of rotatable bonds is 16. The third kappa shape index (κ3) is 12.8. The minimum Gasteiger partial charge on any atom is -0.377 e. The van der Waals surface area contributed by atoms with E-state index in [9.17, 15) is 4.79 Å². The number of hydrogen-bond donors (Lipinski definition) is 0. The van der Waals surface area contributed by atoms with Gasteiger partial charge in [-0.15, -0.1) is 0 Å². The lowest BCUT2D eigenvalue weighted by Crippen LogP contribution is -2.12. The molecule has 0 N–H and O–H groups in total. The molecule has 0 saturated carbocycles. The van der Waals surface area contributed by atoms with Gasteiger partial charge in [-0.3, -0.25) is 4.79 Å². The number of hydrogen-bond acceptors (Lipinski definition) is 6. The van der Waals surface area contributed by atoms with Gasteiger partial charge in [0.2, 0.25) is 0 Å². The van der Waals surface area contributed by atoms with E-state index in [4.69, 9.17) is 23.5 Å². The molecule has 6 nitrogen and oxygen atoms in total. The predicted octanol–water partition coefficient (Wildman–Crippen LogP) is 3.42. The number of ketones is 1. The number of carbonyl (C=O) groups excluding carboxylic acids is 1. The Labute approximate surface area is 164 Å². The van der Waals surface area contributed by atoms with Gasteiger partial charge in [-0.1, -0.05) is 18.2 Å². The molecule has 0 spiro atoms. The zero-order chi connectivity index (χ0) is 18.2. The molecular weight excluding hydrogens is 458 g/mol. The standard InChI is InChI=1S/C17H26IO6P/c1-15(19)17-4-2-3-16(13-17)14-23-10-9-21-6-5-20-7-8-22-11-12-24-25-18/h2-4,13,25H,5-12,14H2,1H3. The van der Waals surface area contributed by atoms with Crippen molar-refractivity contribution in [3.8, 4) is 0 Å². The lowest BCUT2D eigenvalue weighted by Gasteiger charge is -2.08. The molecule has 0 saturated heterocycles. The van der Waals surface area contributed by atoms with E-state index < -0.39 is 0 Å². The van der Waals surface area contributed by atoms with Gasteiger partial charge in [0.15, 0.2) is 5.78 Å². The molecule has 1 atom stereocenters. The second-order valence-corrected chi connectivity index (χ2v) is 6.84. The van der Waals surface area contributed by atoms with E-state index in [1.54, 1.807) is 13.0 Å². The summed E-state index contributed by atoms with van der Waals surface area (Å²) in [7, 11) is 0. The van der Waals surface area contributed by atoms with Gasteiger partial charge in [-0.05, 0) is 40.6 Å². The molecule has 0 aliphatic heterocycles. The summed E-state index contributed by atoms with van der Waals surface area (Å²) < 4.78 is 26.9. The molecule has 0 fully saturated rings. The predicted molar refractivity (Wildman–Crippen MR) is 107 cm³/mol. The summed E-state index contributed by atoms with van der Waals surface area (Å²) >= 11 is 2.18. The third-order valence-corrected chi connectivity index (χ3v) is 4.35. The van der Waals surface area contributed by atoms with Crippen molar-refractivity contribution < 1.29 is 28.3 Å². The van der Waals surface area contributed by atoms with Gasteiger partial charge >= 0.3 is 0 Å². The Morgan fingerprint density at radius 2 is 1.48 bits per heavy atom. The number of benzene rings is 1. The van der Waals surface area contributed by atoms with E-state index in [2.05, 4.69) is 22.0 Å². The quantitative estimate of drug-likeness (QED) is 0.155. The van der Waals surface area contributed by atoms with Crippen LogP contribution in [-0.4, -0.2) is 58.6 Å². The molecule has 8 heteroatoms. The second kappa shape index (κ2) is 16.1. The van der Waals surface area contributed by atoms with Gasteiger partial charge < -0.3 is 23.5 Å². The van der Waals surface area contributed by atoms with Crippen molar-refractivity contribution in [1.82, 2.24) is 0 Å². The zero-order valence-corrected chi connectivity index (χ0v) is 17.7. The first-order chi connectivity index (χ1) is 12.2. The monoisotopic (exact) mass is 484 g/mol. The molecule has 0 amide bonds. The van der Waals surface area contributed by atoms with Crippen LogP contribution >= 0.6 is 28.5 Å². The molecule has 1 aromatic carbocycles. The van der Waals surface area contributed by atoms with Crippen LogP contribution in [-0.2, 0) is 30.1 Å². The highest BCUT2D eigenvalue weighted by molar-refractivity contribution is 14.2. The molecule has 0 aliphatic rings. The number of Topliss-reactive ketones (excluding diaryl/α,β-unsaturated/α-hetero) is 1. The van der Waals surface area contributed by atoms with Crippen LogP contribution in [0.3, 0.4) is 0 Å². The van der Waals surface area contributed by atoms with Crippen molar-refractivity contribution >= 4 is 34.3 Å². The van der Waals surface area contributed by atoms with Gasteiger partial charge in [0.1, 0.15) is 0 Å². The normalized spacial score (nSPS) is 11.4. The Hall–Kier alpha value is -0.150. The van der Waals surface area contributed by atoms with Crippen molar-refractivity contribution in [2.45, 2.75) is 13.5 Å². The Morgan fingerprint density at radius 1 is 0.920 bits per heavy atom. The SMILES string of the molecule is CC(=O)c1cccc(COCCOCCOCCOCCOPI)c1. The Bertz CT molecular complexity index is 474. The highest BCUT2D eigenvalue weighted by atomic mass is 127. The van der Waals surface area contributed by atoms with Crippen molar-refractivity contribution in [2.75, 3.05) is 52.9 Å². The highest BCUT2D eigenvalue weighted by Gasteiger charge is 2.00. The molecule has 142 valence electrons. The average Bonchev–Trinajstić information content (AvgIpc) is 2.62. The van der Waals surface area contributed by atoms with E-state index in [1.165, 1.54) is 0 Å². The van der Waals surface area contributed by atoms with E-state index in [0.29, 0.717) is 71.5 Å². The van der Waals surface area contributed by atoms with Crippen LogP contribution in [0.4, 0.5) is 0 Å². The summed E-state index contributed by atoms with van der Waals surface area (Å²) in [6, 6.07) is 7.47. The fraction of sp³-hybridized carbons (Fsp3) is 0.588. The van der Waals surface area contributed by atoms with Crippen molar-refractivity contribution in [3.05, 3.63) is 35.4 Å². The average molecular weight is 484 g/mol.